The second-order valence-corrected chi connectivity index (χ2v) is 6.16. The fourth-order valence-electron chi connectivity index (χ4n) is 2.29. The number of pyridine rings is 1. The van der Waals surface area contributed by atoms with Gasteiger partial charge in [-0.2, -0.15) is 0 Å². The van der Waals surface area contributed by atoms with Crippen LogP contribution in [-0.4, -0.2) is 33.9 Å². The number of carbonyl (C=O) groups is 1. The molecular formula is C17H23N3OS. The lowest BCUT2D eigenvalue weighted by atomic mass is 10.2. The number of hydrogen-bond acceptors (Lipinski definition) is 4. The third-order valence-corrected chi connectivity index (χ3v) is 4.49. The summed E-state index contributed by atoms with van der Waals surface area (Å²) in [6.07, 6.45) is 4.88. The van der Waals surface area contributed by atoms with Crippen molar-refractivity contribution in [3.05, 3.63) is 46.2 Å². The van der Waals surface area contributed by atoms with Gasteiger partial charge in [-0.15, -0.1) is 11.3 Å². The molecule has 22 heavy (non-hydrogen) atoms. The number of carbonyl (C=O) groups excluding carboxylic acids is 1. The van der Waals surface area contributed by atoms with Crippen LogP contribution in [0.4, 0.5) is 0 Å². The van der Waals surface area contributed by atoms with Crippen LogP contribution in [-0.2, 0) is 24.1 Å². The monoisotopic (exact) mass is 317 g/mol. The highest BCUT2D eigenvalue weighted by atomic mass is 32.1. The molecule has 0 unspecified atom stereocenters. The maximum atomic E-state index is 12.5. The Morgan fingerprint density at radius 2 is 2.09 bits per heavy atom. The van der Waals surface area contributed by atoms with Gasteiger partial charge in [-0.3, -0.25) is 9.78 Å². The number of thiazole rings is 1. The van der Waals surface area contributed by atoms with Gasteiger partial charge in [0.15, 0.2) is 0 Å². The molecule has 0 aliphatic rings. The molecule has 118 valence electrons. The van der Waals surface area contributed by atoms with Gasteiger partial charge in [0.2, 0.25) is 5.91 Å². The van der Waals surface area contributed by atoms with Gasteiger partial charge in [0, 0.05) is 36.8 Å². The first-order valence-corrected chi connectivity index (χ1v) is 8.71. The van der Waals surface area contributed by atoms with Crippen molar-refractivity contribution < 1.29 is 4.79 Å². The highest BCUT2D eigenvalue weighted by molar-refractivity contribution is 7.09. The van der Waals surface area contributed by atoms with E-state index in [1.807, 2.05) is 28.5 Å². The third kappa shape index (κ3) is 4.91. The predicted octanol–water partition coefficient (Wildman–Crippen LogP) is 3.12. The van der Waals surface area contributed by atoms with Gasteiger partial charge in [-0.25, -0.2) is 4.98 Å². The largest absolute Gasteiger partial charge is 0.342 e. The summed E-state index contributed by atoms with van der Waals surface area (Å²) in [4.78, 5) is 23.2. The van der Waals surface area contributed by atoms with E-state index in [9.17, 15) is 4.79 Å². The number of nitrogens with zero attached hydrogens (tertiary/aromatic N) is 3. The van der Waals surface area contributed by atoms with E-state index < -0.39 is 0 Å². The van der Waals surface area contributed by atoms with Gasteiger partial charge in [0.05, 0.1) is 17.1 Å². The zero-order valence-corrected chi connectivity index (χ0v) is 14.1. The van der Waals surface area contributed by atoms with Crippen LogP contribution < -0.4 is 0 Å². The summed E-state index contributed by atoms with van der Waals surface area (Å²) in [5.41, 5.74) is 1.92. The van der Waals surface area contributed by atoms with Crippen LogP contribution >= 0.6 is 11.3 Å². The first kappa shape index (κ1) is 16.6. The van der Waals surface area contributed by atoms with Crippen molar-refractivity contribution >= 4 is 17.2 Å². The van der Waals surface area contributed by atoms with Gasteiger partial charge < -0.3 is 4.90 Å². The summed E-state index contributed by atoms with van der Waals surface area (Å²) in [6, 6.07) is 5.89. The van der Waals surface area contributed by atoms with E-state index in [1.54, 1.807) is 17.5 Å². The molecule has 0 radical (unpaired) electrons. The van der Waals surface area contributed by atoms with Crippen molar-refractivity contribution in [1.29, 1.82) is 0 Å². The second kappa shape index (κ2) is 8.63. The number of rotatable bonds is 8. The standard InChI is InChI=1S/C17H23N3OS/c1-3-10-20(11-8-14-7-5-6-9-18-14)17(21)12-15-13-22-16(4-2)19-15/h5-7,9,13H,3-4,8,10-12H2,1-2H3. The molecule has 2 aromatic heterocycles. The molecule has 4 nitrogen and oxygen atoms in total. The van der Waals surface area contributed by atoms with E-state index in [-0.39, 0.29) is 5.91 Å². The maximum Gasteiger partial charge on any atom is 0.228 e. The minimum atomic E-state index is 0.158. The zero-order chi connectivity index (χ0) is 15.8. The van der Waals surface area contributed by atoms with E-state index >= 15 is 0 Å². The number of aryl methyl sites for hydroxylation is 1. The quantitative estimate of drug-likeness (QED) is 0.751. The zero-order valence-electron chi connectivity index (χ0n) is 13.3. The molecule has 2 rings (SSSR count). The summed E-state index contributed by atoms with van der Waals surface area (Å²) in [6.45, 7) is 5.69. The topological polar surface area (TPSA) is 46.1 Å². The van der Waals surface area contributed by atoms with Crippen LogP contribution in [0.3, 0.4) is 0 Å². The van der Waals surface area contributed by atoms with E-state index in [0.717, 1.165) is 42.2 Å². The predicted molar refractivity (Wildman–Crippen MR) is 90.0 cm³/mol. The van der Waals surface area contributed by atoms with E-state index in [1.165, 1.54) is 0 Å². The number of hydrogen-bond donors (Lipinski definition) is 0. The highest BCUT2D eigenvalue weighted by Crippen LogP contribution is 2.12. The molecule has 0 saturated heterocycles. The SMILES string of the molecule is CCCN(CCc1ccccn1)C(=O)Cc1csc(CC)n1. The molecule has 2 aromatic rings. The summed E-state index contributed by atoms with van der Waals surface area (Å²) < 4.78 is 0. The molecule has 0 aromatic carbocycles. The first-order chi connectivity index (χ1) is 10.7. The van der Waals surface area contributed by atoms with Crippen molar-refractivity contribution in [3.8, 4) is 0 Å². The maximum absolute atomic E-state index is 12.5. The summed E-state index contributed by atoms with van der Waals surface area (Å²) in [5.74, 6) is 0.158. The fraction of sp³-hybridized carbons (Fsp3) is 0.471. The molecule has 0 atom stereocenters. The van der Waals surface area contributed by atoms with Gasteiger partial charge in [0.25, 0.3) is 0 Å². The average Bonchev–Trinajstić information content (AvgIpc) is 3.00. The lowest BCUT2D eigenvalue weighted by Crippen LogP contribution is -2.35. The Kier molecular flexibility index (Phi) is 6.52. The number of amides is 1. The average molecular weight is 317 g/mol. The van der Waals surface area contributed by atoms with Gasteiger partial charge in [-0.05, 0) is 25.0 Å². The van der Waals surface area contributed by atoms with Crippen LogP contribution in [0.5, 0.6) is 0 Å². The first-order valence-electron chi connectivity index (χ1n) is 7.83. The Morgan fingerprint density at radius 3 is 2.73 bits per heavy atom. The molecule has 0 spiro atoms. The Bertz CT molecular complexity index is 583. The van der Waals surface area contributed by atoms with Gasteiger partial charge in [-0.1, -0.05) is 19.9 Å². The highest BCUT2D eigenvalue weighted by Gasteiger charge is 2.15. The second-order valence-electron chi connectivity index (χ2n) is 5.21. The van der Waals surface area contributed by atoms with Crippen LogP contribution in [0.2, 0.25) is 0 Å². The van der Waals surface area contributed by atoms with Crippen LogP contribution in [0.15, 0.2) is 29.8 Å². The third-order valence-electron chi connectivity index (χ3n) is 3.44. The minimum Gasteiger partial charge on any atom is -0.342 e. The molecule has 2 heterocycles. The van der Waals surface area contributed by atoms with Crippen LogP contribution in [0, 0.1) is 0 Å². The molecule has 0 aliphatic carbocycles. The van der Waals surface area contributed by atoms with E-state index in [4.69, 9.17) is 0 Å². The van der Waals surface area contributed by atoms with E-state index in [2.05, 4.69) is 23.8 Å². The Hall–Kier alpha value is -1.75. The molecule has 0 fully saturated rings. The lowest BCUT2D eigenvalue weighted by molar-refractivity contribution is -0.130. The van der Waals surface area contributed by atoms with Crippen molar-refractivity contribution in [1.82, 2.24) is 14.9 Å². The van der Waals surface area contributed by atoms with Crippen molar-refractivity contribution in [2.45, 2.75) is 39.5 Å². The van der Waals surface area contributed by atoms with E-state index in [0.29, 0.717) is 13.0 Å². The van der Waals surface area contributed by atoms with Crippen molar-refractivity contribution in [2.24, 2.45) is 0 Å². The molecule has 0 N–H and O–H groups in total. The molecular weight excluding hydrogens is 294 g/mol. The van der Waals surface area contributed by atoms with Gasteiger partial charge >= 0.3 is 0 Å². The molecule has 1 amide bonds. The summed E-state index contributed by atoms with van der Waals surface area (Å²) in [5, 5.41) is 3.10. The fourth-order valence-corrected chi connectivity index (χ4v) is 3.03. The molecule has 0 aliphatic heterocycles. The van der Waals surface area contributed by atoms with Crippen LogP contribution in [0.1, 0.15) is 36.7 Å². The lowest BCUT2D eigenvalue weighted by Gasteiger charge is -2.21. The minimum absolute atomic E-state index is 0.158. The normalized spacial score (nSPS) is 10.6. The van der Waals surface area contributed by atoms with Crippen LogP contribution in [0.25, 0.3) is 0 Å². The molecule has 0 saturated carbocycles. The molecule has 5 heteroatoms. The Morgan fingerprint density at radius 1 is 1.23 bits per heavy atom. The molecule has 0 bridgehead atoms. The Balaban J connectivity index is 1.92. The summed E-state index contributed by atoms with van der Waals surface area (Å²) >= 11 is 1.63. The van der Waals surface area contributed by atoms with Gasteiger partial charge in [0.1, 0.15) is 0 Å². The number of aromatic nitrogens is 2. The smallest absolute Gasteiger partial charge is 0.228 e. The Labute approximate surface area is 136 Å². The van der Waals surface area contributed by atoms with Crippen molar-refractivity contribution in [2.75, 3.05) is 13.1 Å². The van der Waals surface area contributed by atoms with Crippen molar-refractivity contribution in [3.63, 3.8) is 0 Å². The summed E-state index contributed by atoms with van der Waals surface area (Å²) in [7, 11) is 0.